The third-order valence-corrected chi connectivity index (χ3v) is 4.35. The molecule has 10 heteroatoms. The molecule has 0 aromatic heterocycles. The normalized spacial score (nSPS) is 25.8. The van der Waals surface area contributed by atoms with Crippen molar-refractivity contribution in [1.29, 1.82) is 0 Å². The molecule has 0 unspecified atom stereocenters. The average molecular weight is 431 g/mol. The number of ether oxygens (including phenoxy) is 5. The molecular weight excluding hydrogens is 398 g/mol. The number of hydrogen-bond acceptors (Lipinski definition) is 9. The van der Waals surface area contributed by atoms with E-state index in [0.717, 1.165) is 25.7 Å². The van der Waals surface area contributed by atoms with E-state index in [1.54, 1.807) is 0 Å². The van der Waals surface area contributed by atoms with Gasteiger partial charge in [0.15, 0.2) is 18.5 Å². The molecule has 0 aromatic rings. The van der Waals surface area contributed by atoms with Gasteiger partial charge in [-0.2, -0.15) is 0 Å². The number of nitrogens with one attached hydrogen (secondary N) is 1. The fourth-order valence-corrected chi connectivity index (χ4v) is 3.16. The van der Waals surface area contributed by atoms with Crippen LogP contribution in [0.4, 0.5) is 0 Å². The Hall–Kier alpha value is -2.20. The lowest BCUT2D eigenvalue weighted by Crippen LogP contribution is -2.66. The molecule has 0 radical (unpaired) electrons. The average Bonchev–Trinajstić information content (AvgIpc) is 2.63. The lowest BCUT2D eigenvalue weighted by molar-refractivity contribution is -0.277. The van der Waals surface area contributed by atoms with Crippen molar-refractivity contribution >= 4 is 23.8 Å². The van der Waals surface area contributed by atoms with Crippen LogP contribution in [0.3, 0.4) is 0 Å². The van der Waals surface area contributed by atoms with E-state index < -0.39 is 54.5 Å². The second-order valence-corrected chi connectivity index (χ2v) is 7.15. The Morgan fingerprint density at radius 2 is 1.50 bits per heavy atom. The molecule has 0 spiro atoms. The van der Waals surface area contributed by atoms with Gasteiger partial charge in [-0.05, 0) is 6.42 Å². The quantitative estimate of drug-likeness (QED) is 0.292. The number of carbonyl (C=O) groups is 4. The summed E-state index contributed by atoms with van der Waals surface area (Å²) < 4.78 is 27.5. The highest BCUT2D eigenvalue weighted by Crippen LogP contribution is 2.28. The van der Waals surface area contributed by atoms with Crippen LogP contribution in [-0.2, 0) is 42.9 Å². The molecule has 1 heterocycles. The van der Waals surface area contributed by atoms with Gasteiger partial charge in [0.25, 0.3) is 0 Å². The van der Waals surface area contributed by atoms with E-state index >= 15 is 0 Å². The van der Waals surface area contributed by atoms with Crippen LogP contribution in [0, 0.1) is 0 Å². The van der Waals surface area contributed by atoms with Gasteiger partial charge in [-0.1, -0.05) is 26.2 Å². The summed E-state index contributed by atoms with van der Waals surface area (Å²) in [5.74, 6) is -2.23. The molecule has 0 aliphatic carbocycles. The van der Waals surface area contributed by atoms with Gasteiger partial charge in [0.2, 0.25) is 5.91 Å². The summed E-state index contributed by atoms with van der Waals surface area (Å²) in [6.45, 7) is 7.13. The summed E-state index contributed by atoms with van der Waals surface area (Å²) in [7, 11) is 0. The Morgan fingerprint density at radius 3 is 2.03 bits per heavy atom. The van der Waals surface area contributed by atoms with Gasteiger partial charge in [0.1, 0.15) is 18.8 Å². The number of amides is 1. The van der Waals surface area contributed by atoms with Gasteiger partial charge in [-0.3, -0.25) is 19.2 Å². The maximum atomic E-state index is 11.8. The van der Waals surface area contributed by atoms with Crippen molar-refractivity contribution in [3.8, 4) is 0 Å². The molecule has 1 rings (SSSR count). The van der Waals surface area contributed by atoms with Gasteiger partial charge in [0, 0.05) is 34.3 Å². The van der Waals surface area contributed by atoms with Crippen LogP contribution in [0.1, 0.15) is 60.3 Å². The van der Waals surface area contributed by atoms with Crippen molar-refractivity contribution in [3.63, 3.8) is 0 Å². The Labute approximate surface area is 176 Å². The van der Waals surface area contributed by atoms with Crippen LogP contribution >= 0.6 is 0 Å². The first kappa shape index (κ1) is 25.8. The minimum Gasteiger partial charge on any atom is -0.463 e. The second-order valence-electron chi connectivity index (χ2n) is 7.15. The van der Waals surface area contributed by atoms with Crippen LogP contribution in [0.5, 0.6) is 0 Å². The largest absolute Gasteiger partial charge is 0.463 e. The minimum absolute atomic E-state index is 0.243. The highest BCUT2D eigenvalue weighted by molar-refractivity contribution is 5.73. The van der Waals surface area contributed by atoms with Gasteiger partial charge < -0.3 is 29.0 Å². The van der Waals surface area contributed by atoms with Crippen LogP contribution in [0.15, 0.2) is 0 Å². The van der Waals surface area contributed by atoms with Crippen molar-refractivity contribution in [3.05, 3.63) is 0 Å². The third-order valence-electron chi connectivity index (χ3n) is 4.35. The van der Waals surface area contributed by atoms with Crippen molar-refractivity contribution < 1.29 is 42.9 Å². The number of unbranched alkanes of at least 4 members (excludes halogenated alkanes) is 3. The third kappa shape index (κ3) is 9.08. The number of rotatable bonds is 11. The molecule has 1 amide bonds. The lowest BCUT2D eigenvalue weighted by Gasteiger charge is -2.44. The zero-order valence-corrected chi connectivity index (χ0v) is 18.3. The van der Waals surface area contributed by atoms with Crippen LogP contribution in [0.25, 0.3) is 0 Å². The molecular formula is C20H33NO9. The summed E-state index contributed by atoms with van der Waals surface area (Å²) >= 11 is 0. The van der Waals surface area contributed by atoms with Crippen LogP contribution < -0.4 is 5.32 Å². The summed E-state index contributed by atoms with van der Waals surface area (Å²) in [6.07, 6.45) is -0.274. The molecule has 0 saturated carbocycles. The van der Waals surface area contributed by atoms with Crippen molar-refractivity contribution in [2.75, 3.05) is 13.2 Å². The van der Waals surface area contributed by atoms with E-state index in [1.807, 2.05) is 0 Å². The molecule has 1 aliphatic rings. The molecule has 1 aliphatic heterocycles. The molecule has 1 saturated heterocycles. The number of esters is 3. The smallest absolute Gasteiger partial charge is 0.303 e. The van der Waals surface area contributed by atoms with E-state index in [9.17, 15) is 19.2 Å². The van der Waals surface area contributed by atoms with Gasteiger partial charge >= 0.3 is 17.9 Å². The lowest BCUT2D eigenvalue weighted by atomic mass is 9.96. The topological polar surface area (TPSA) is 126 Å². The van der Waals surface area contributed by atoms with Crippen molar-refractivity contribution in [2.24, 2.45) is 0 Å². The molecule has 1 N–H and O–H groups in total. The fraction of sp³-hybridized carbons (Fsp3) is 0.800. The van der Waals surface area contributed by atoms with Gasteiger partial charge in [0.05, 0.1) is 0 Å². The van der Waals surface area contributed by atoms with Gasteiger partial charge in [-0.15, -0.1) is 0 Å². The monoisotopic (exact) mass is 431 g/mol. The Morgan fingerprint density at radius 1 is 0.867 bits per heavy atom. The number of carbonyl (C=O) groups excluding carboxylic acids is 4. The van der Waals surface area contributed by atoms with E-state index in [1.165, 1.54) is 27.7 Å². The van der Waals surface area contributed by atoms with E-state index in [0.29, 0.717) is 6.61 Å². The van der Waals surface area contributed by atoms with Gasteiger partial charge in [-0.25, -0.2) is 0 Å². The molecule has 10 nitrogen and oxygen atoms in total. The van der Waals surface area contributed by atoms with Crippen LogP contribution in [0.2, 0.25) is 0 Å². The summed E-state index contributed by atoms with van der Waals surface area (Å²) in [4.78, 5) is 46.5. The highest BCUT2D eigenvalue weighted by atomic mass is 16.7. The van der Waals surface area contributed by atoms with E-state index in [-0.39, 0.29) is 6.61 Å². The highest BCUT2D eigenvalue weighted by Gasteiger charge is 2.51. The fourth-order valence-electron chi connectivity index (χ4n) is 3.16. The number of hydrogen-bond donors (Lipinski definition) is 1. The van der Waals surface area contributed by atoms with Crippen LogP contribution in [-0.4, -0.2) is 67.7 Å². The molecule has 0 bridgehead atoms. The maximum absolute atomic E-state index is 11.8. The minimum atomic E-state index is -1.11. The Kier molecular flexibility index (Phi) is 11.3. The van der Waals surface area contributed by atoms with E-state index in [4.69, 9.17) is 23.7 Å². The molecule has 1 fully saturated rings. The predicted octanol–water partition coefficient (Wildman–Crippen LogP) is 1.24. The van der Waals surface area contributed by atoms with E-state index in [2.05, 4.69) is 12.2 Å². The first-order chi connectivity index (χ1) is 14.1. The SMILES string of the molecule is CCCCCCO[C@H]1O[C@@H](COC(C)=O)[C@H](OC(C)=O)[C@@H](OC(C)=O)[C@@H]1NC(C)=O. The Bertz CT molecular complexity index is 595. The Balaban J connectivity index is 3.13. The summed E-state index contributed by atoms with van der Waals surface area (Å²) in [5, 5.41) is 2.66. The standard InChI is InChI=1S/C20H33NO9/c1-6-7-8-9-10-26-20-17(21-12(2)22)19(29-15(5)25)18(28-14(4)24)16(30-20)11-27-13(3)23/h16-20H,6-11H2,1-5H3,(H,21,22)/t16-,17-,18-,19-,20-/m0/s1. The first-order valence-corrected chi connectivity index (χ1v) is 10.2. The van der Waals surface area contributed by atoms with Crippen molar-refractivity contribution in [2.45, 2.75) is 90.9 Å². The van der Waals surface area contributed by atoms with Crippen molar-refractivity contribution in [1.82, 2.24) is 5.32 Å². The zero-order chi connectivity index (χ0) is 22.7. The summed E-state index contributed by atoms with van der Waals surface area (Å²) in [6, 6.07) is -0.921. The summed E-state index contributed by atoms with van der Waals surface area (Å²) in [5.41, 5.74) is 0. The maximum Gasteiger partial charge on any atom is 0.303 e. The molecule has 172 valence electrons. The second kappa shape index (κ2) is 13.2. The zero-order valence-electron chi connectivity index (χ0n) is 18.3. The predicted molar refractivity (Wildman–Crippen MR) is 104 cm³/mol. The molecule has 5 atom stereocenters. The molecule has 0 aromatic carbocycles. The molecule has 30 heavy (non-hydrogen) atoms. The first-order valence-electron chi connectivity index (χ1n) is 10.2.